The third-order valence-corrected chi connectivity index (χ3v) is 3.61. The highest BCUT2D eigenvalue weighted by molar-refractivity contribution is 5.72. The first-order valence-corrected chi connectivity index (χ1v) is 10.9. The maximum atomic E-state index is 9.94. The normalized spacial score (nSPS) is 9.38. The lowest BCUT2D eigenvalue weighted by molar-refractivity contribution is 0.111. The number of aldehydes is 4. The summed E-state index contributed by atoms with van der Waals surface area (Å²) in [7, 11) is 0. The van der Waals surface area contributed by atoms with Crippen LogP contribution in [0.15, 0.2) is 97.6 Å². The van der Waals surface area contributed by atoms with Crippen molar-refractivity contribution in [2.45, 2.75) is 13.0 Å². The molecule has 1 atom stereocenters. The third-order valence-electron chi connectivity index (χ3n) is 3.61. The maximum absolute atomic E-state index is 9.94. The second kappa shape index (κ2) is 23.0. The van der Waals surface area contributed by atoms with Crippen LogP contribution in [0.1, 0.15) is 48.9 Å². The van der Waals surface area contributed by atoms with Crippen molar-refractivity contribution in [3.63, 3.8) is 0 Å². The summed E-state index contributed by atoms with van der Waals surface area (Å²) in [6.45, 7) is 2.46. The van der Waals surface area contributed by atoms with E-state index in [1.54, 1.807) is 97.6 Å². The van der Waals surface area contributed by atoms with Gasteiger partial charge in [-0.2, -0.15) is 0 Å². The average molecular weight is 503 g/mol. The second-order valence-corrected chi connectivity index (χ2v) is 6.70. The van der Waals surface area contributed by atoms with Crippen molar-refractivity contribution in [2.75, 3.05) is 6.54 Å². The van der Waals surface area contributed by atoms with Crippen molar-refractivity contribution in [2.24, 2.45) is 11.5 Å². The van der Waals surface area contributed by atoms with Gasteiger partial charge in [-0.3, -0.25) is 39.1 Å². The number of pyridine rings is 4. The lowest BCUT2D eigenvalue weighted by atomic mass is 10.4. The number of nitrogens with zero attached hydrogens (tertiary/aromatic N) is 4. The summed E-state index contributed by atoms with van der Waals surface area (Å²) in [5, 5.41) is 0. The van der Waals surface area contributed by atoms with Crippen LogP contribution in [-0.4, -0.2) is 57.7 Å². The standard InChI is InChI=1S/4C6H5NO.C3H10N2/c4*8-5-6-3-1-2-4-7-6;1-3(5)2-4/h4*1-5H;3H,2,4-5H2,1H3. The SMILES string of the molecule is CC(N)CN.O=Cc1ccccn1.O=Cc1ccccn1.O=Cc1ccccn1.O=Cc1ccccn1. The molecule has 4 heterocycles. The highest BCUT2D eigenvalue weighted by Crippen LogP contribution is 1.87. The van der Waals surface area contributed by atoms with Gasteiger partial charge in [0.15, 0.2) is 25.1 Å². The van der Waals surface area contributed by atoms with Crippen LogP contribution in [0.2, 0.25) is 0 Å². The van der Waals surface area contributed by atoms with E-state index in [-0.39, 0.29) is 6.04 Å². The molecular formula is C27H30N6O4. The molecular weight excluding hydrogens is 472 g/mol. The summed E-state index contributed by atoms with van der Waals surface area (Å²) in [4.78, 5) is 54.7. The molecule has 0 aromatic carbocycles. The molecule has 10 heteroatoms. The van der Waals surface area contributed by atoms with Crippen LogP contribution in [-0.2, 0) is 0 Å². The van der Waals surface area contributed by atoms with E-state index in [9.17, 15) is 19.2 Å². The molecule has 0 saturated heterocycles. The van der Waals surface area contributed by atoms with E-state index < -0.39 is 0 Å². The molecule has 0 spiro atoms. The maximum Gasteiger partial charge on any atom is 0.168 e. The molecule has 4 rings (SSSR count). The summed E-state index contributed by atoms with van der Waals surface area (Å²) in [6, 6.07) is 21.0. The van der Waals surface area contributed by atoms with Gasteiger partial charge in [0, 0.05) is 37.4 Å². The Morgan fingerprint density at radius 1 is 0.568 bits per heavy atom. The smallest absolute Gasteiger partial charge is 0.168 e. The van der Waals surface area contributed by atoms with Crippen LogP contribution < -0.4 is 11.5 Å². The molecule has 0 saturated carbocycles. The van der Waals surface area contributed by atoms with E-state index in [0.29, 0.717) is 29.3 Å². The first kappa shape index (κ1) is 32.2. The van der Waals surface area contributed by atoms with Crippen molar-refractivity contribution in [1.82, 2.24) is 19.9 Å². The highest BCUT2D eigenvalue weighted by atomic mass is 16.1. The molecule has 0 radical (unpaired) electrons. The molecule has 192 valence electrons. The summed E-state index contributed by atoms with van der Waals surface area (Å²) in [6.07, 6.45) is 9.24. The van der Waals surface area contributed by atoms with Crippen molar-refractivity contribution >= 4 is 25.1 Å². The quantitative estimate of drug-likeness (QED) is 0.386. The van der Waals surface area contributed by atoms with Crippen LogP contribution >= 0.6 is 0 Å². The van der Waals surface area contributed by atoms with E-state index in [4.69, 9.17) is 11.5 Å². The summed E-state index contributed by atoms with van der Waals surface area (Å²) < 4.78 is 0. The van der Waals surface area contributed by atoms with Crippen molar-refractivity contribution < 1.29 is 19.2 Å². The van der Waals surface area contributed by atoms with E-state index in [1.165, 1.54) is 0 Å². The predicted octanol–water partition coefficient (Wildman–Crippen LogP) is 2.87. The zero-order valence-corrected chi connectivity index (χ0v) is 20.4. The minimum atomic E-state index is 0.162. The lowest BCUT2D eigenvalue weighted by Gasteiger charge is -1.92. The van der Waals surface area contributed by atoms with Crippen LogP contribution in [0.4, 0.5) is 0 Å². The number of carbonyl (C=O) groups excluding carboxylic acids is 4. The van der Waals surface area contributed by atoms with Crippen LogP contribution in [0.3, 0.4) is 0 Å². The Kier molecular flexibility index (Phi) is 20.0. The summed E-state index contributed by atoms with van der Waals surface area (Å²) >= 11 is 0. The molecule has 0 aliphatic rings. The van der Waals surface area contributed by atoms with E-state index in [1.807, 2.05) is 6.92 Å². The Morgan fingerprint density at radius 3 is 0.865 bits per heavy atom. The second-order valence-electron chi connectivity index (χ2n) is 6.70. The Hall–Kier alpha value is -4.80. The summed E-state index contributed by atoms with van der Waals surface area (Å²) in [5.74, 6) is 0. The minimum absolute atomic E-state index is 0.162. The Morgan fingerprint density at radius 2 is 0.784 bits per heavy atom. The molecule has 0 aliphatic heterocycles. The monoisotopic (exact) mass is 502 g/mol. The van der Waals surface area contributed by atoms with Crippen molar-refractivity contribution in [3.05, 3.63) is 120 Å². The number of aromatic nitrogens is 4. The first-order chi connectivity index (χ1) is 18.0. The van der Waals surface area contributed by atoms with Gasteiger partial charge >= 0.3 is 0 Å². The van der Waals surface area contributed by atoms with Gasteiger partial charge in [-0.05, 0) is 55.5 Å². The zero-order valence-electron chi connectivity index (χ0n) is 20.4. The van der Waals surface area contributed by atoms with E-state index >= 15 is 0 Å². The topological polar surface area (TPSA) is 172 Å². The molecule has 0 fully saturated rings. The molecule has 37 heavy (non-hydrogen) atoms. The molecule has 0 aliphatic carbocycles. The number of carbonyl (C=O) groups is 4. The minimum Gasteiger partial charge on any atom is -0.329 e. The van der Waals surface area contributed by atoms with Crippen LogP contribution in [0.25, 0.3) is 0 Å². The van der Waals surface area contributed by atoms with Gasteiger partial charge in [-0.25, -0.2) is 0 Å². The molecule has 1 unspecified atom stereocenters. The van der Waals surface area contributed by atoms with Gasteiger partial charge in [0.1, 0.15) is 22.8 Å². The molecule has 10 nitrogen and oxygen atoms in total. The van der Waals surface area contributed by atoms with Gasteiger partial charge in [0.2, 0.25) is 0 Å². The van der Waals surface area contributed by atoms with E-state index in [2.05, 4.69) is 19.9 Å². The van der Waals surface area contributed by atoms with Crippen LogP contribution in [0.5, 0.6) is 0 Å². The van der Waals surface area contributed by atoms with Gasteiger partial charge < -0.3 is 11.5 Å². The number of hydrogen-bond donors (Lipinski definition) is 2. The van der Waals surface area contributed by atoms with E-state index in [0.717, 1.165) is 25.1 Å². The highest BCUT2D eigenvalue weighted by Gasteiger charge is 1.84. The Balaban J connectivity index is 0.000000442. The van der Waals surface area contributed by atoms with Gasteiger partial charge in [-0.15, -0.1) is 0 Å². The Bertz CT molecular complexity index is 927. The largest absolute Gasteiger partial charge is 0.329 e. The lowest BCUT2D eigenvalue weighted by Crippen LogP contribution is -2.25. The van der Waals surface area contributed by atoms with Gasteiger partial charge in [-0.1, -0.05) is 24.3 Å². The molecule has 4 aromatic heterocycles. The van der Waals surface area contributed by atoms with Crippen LogP contribution in [0, 0.1) is 0 Å². The fourth-order valence-electron chi connectivity index (χ4n) is 1.78. The predicted molar refractivity (Wildman–Crippen MR) is 141 cm³/mol. The fraction of sp³-hybridized carbons (Fsp3) is 0.111. The van der Waals surface area contributed by atoms with Gasteiger partial charge in [0.25, 0.3) is 0 Å². The van der Waals surface area contributed by atoms with Gasteiger partial charge in [0.05, 0.1) is 0 Å². The molecule has 0 bridgehead atoms. The van der Waals surface area contributed by atoms with Crippen molar-refractivity contribution in [1.29, 1.82) is 0 Å². The zero-order chi connectivity index (χ0) is 27.6. The van der Waals surface area contributed by atoms with Crippen molar-refractivity contribution in [3.8, 4) is 0 Å². The third kappa shape index (κ3) is 19.2. The average Bonchev–Trinajstić information content (AvgIpc) is 3.00. The molecule has 0 amide bonds. The summed E-state index contributed by atoms with van der Waals surface area (Å²) in [5.41, 5.74) is 12.1. The molecule has 4 N–H and O–H groups in total. The number of hydrogen-bond acceptors (Lipinski definition) is 10. The Labute approximate surface area is 215 Å². The number of rotatable bonds is 5. The fourth-order valence-corrected chi connectivity index (χ4v) is 1.78. The molecule has 4 aromatic rings. The first-order valence-electron chi connectivity index (χ1n) is 10.9. The number of nitrogens with two attached hydrogens (primary N) is 2.